The second kappa shape index (κ2) is 8.73. The predicted octanol–water partition coefficient (Wildman–Crippen LogP) is 8.12. The van der Waals surface area contributed by atoms with Crippen molar-refractivity contribution in [1.29, 1.82) is 0 Å². The van der Waals surface area contributed by atoms with E-state index in [-0.39, 0.29) is 16.2 Å². The number of rotatable bonds is 5. The number of aromatic hydroxyl groups is 1. The Kier molecular flexibility index (Phi) is 5.98. The lowest BCUT2D eigenvalue weighted by atomic mass is 9.50. The maximum Gasteiger partial charge on any atom is 0.119 e. The van der Waals surface area contributed by atoms with E-state index in [2.05, 4.69) is 77.1 Å². The van der Waals surface area contributed by atoms with Gasteiger partial charge in [0.25, 0.3) is 0 Å². The fourth-order valence-corrected chi connectivity index (χ4v) is 7.14. The van der Waals surface area contributed by atoms with Crippen LogP contribution in [0.25, 0.3) is 0 Å². The summed E-state index contributed by atoms with van der Waals surface area (Å²) >= 11 is 0. The van der Waals surface area contributed by atoms with Crippen molar-refractivity contribution in [3.05, 3.63) is 94.5 Å². The maximum absolute atomic E-state index is 9.65. The molecule has 0 saturated heterocycles. The zero-order chi connectivity index (χ0) is 24.8. The lowest BCUT2D eigenvalue weighted by Crippen LogP contribution is -2.51. The molecule has 1 N–H and O–H groups in total. The summed E-state index contributed by atoms with van der Waals surface area (Å²) < 4.78 is 6.51. The van der Waals surface area contributed by atoms with Crippen LogP contribution in [0.1, 0.15) is 81.2 Å². The van der Waals surface area contributed by atoms with Crippen LogP contribution in [0, 0.1) is 18.3 Å². The molecular weight excluding hydrogens is 428 g/mol. The number of benzene rings is 3. The van der Waals surface area contributed by atoms with Crippen molar-refractivity contribution in [3.8, 4) is 11.5 Å². The van der Waals surface area contributed by atoms with E-state index in [0.717, 1.165) is 12.4 Å². The summed E-state index contributed by atoms with van der Waals surface area (Å²) in [5, 5.41) is 9.65. The lowest BCUT2D eigenvalue weighted by Gasteiger charge is -2.55. The van der Waals surface area contributed by atoms with E-state index in [1.54, 1.807) is 23.3 Å². The number of fused-ring (bicyclic) bond motifs is 3. The first-order valence-corrected chi connectivity index (χ1v) is 13.2. The van der Waals surface area contributed by atoms with Gasteiger partial charge in [-0.3, -0.25) is 0 Å². The van der Waals surface area contributed by atoms with E-state index in [4.69, 9.17) is 4.74 Å². The Hall–Kier alpha value is -2.74. The molecule has 2 aliphatic rings. The fraction of sp³-hybridized carbons (Fsp3) is 0.455. The van der Waals surface area contributed by atoms with Crippen LogP contribution in [0.5, 0.6) is 11.5 Å². The summed E-state index contributed by atoms with van der Waals surface area (Å²) in [6.45, 7) is 12.4. The molecule has 0 radical (unpaired) electrons. The van der Waals surface area contributed by atoms with Crippen molar-refractivity contribution in [1.82, 2.24) is 0 Å². The van der Waals surface area contributed by atoms with Gasteiger partial charge in [0.2, 0.25) is 0 Å². The van der Waals surface area contributed by atoms with Crippen LogP contribution >= 0.6 is 0 Å². The van der Waals surface area contributed by atoms with Gasteiger partial charge < -0.3 is 9.84 Å². The van der Waals surface area contributed by atoms with Gasteiger partial charge in [0.05, 0.1) is 6.61 Å². The quantitative estimate of drug-likeness (QED) is 0.410. The second-order valence-electron chi connectivity index (χ2n) is 12.2. The molecule has 1 fully saturated rings. The lowest BCUT2D eigenvalue weighted by molar-refractivity contribution is -0.0101. The average Bonchev–Trinajstić information content (AvgIpc) is 2.84. The van der Waals surface area contributed by atoms with Gasteiger partial charge in [-0.1, -0.05) is 82.1 Å². The standard InChI is InChI=1S/C33H40O2/c1-23-7-8-24-9-18-30-32(4,19-6-20-33(30,5)29(24)21-23)22-35-28-16-12-26(13-17-28)31(2,3)25-10-14-27(34)15-11-25/h7-8,10-17,21,30,34H,6,9,18-20,22H2,1-5H3. The number of hydrogen-bond donors (Lipinski definition) is 1. The number of phenols is 1. The van der Waals surface area contributed by atoms with E-state index in [1.807, 2.05) is 12.1 Å². The molecule has 3 unspecified atom stereocenters. The molecule has 1 saturated carbocycles. The van der Waals surface area contributed by atoms with E-state index < -0.39 is 0 Å². The van der Waals surface area contributed by atoms with Crippen molar-refractivity contribution in [2.75, 3.05) is 6.61 Å². The van der Waals surface area contributed by atoms with E-state index in [9.17, 15) is 5.11 Å². The molecule has 0 heterocycles. The van der Waals surface area contributed by atoms with Crippen LogP contribution < -0.4 is 4.74 Å². The predicted molar refractivity (Wildman–Crippen MR) is 144 cm³/mol. The van der Waals surface area contributed by atoms with Crippen LogP contribution in [0.2, 0.25) is 0 Å². The van der Waals surface area contributed by atoms with E-state index in [0.29, 0.717) is 11.7 Å². The summed E-state index contributed by atoms with van der Waals surface area (Å²) in [5.41, 5.74) is 7.25. The topological polar surface area (TPSA) is 29.5 Å². The van der Waals surface area contributed by atoms with Gasteiger partial charge in [0.15, 0.2) is 0 Å². The van der Waals surface area contributed by atoms with Gasteiger partial charge in [-0.25, -0.2) is 0 Å². The summed E-state index contributed by atoms with van der Waals surface area (Å²) in [6, 6.07) is 23.3. The van der Waals surface area contributed by atoms with Crippen molar-refractivity contribution in [2.24, 2.45) is 11.3 Å². The molecule has 5 rings (SSSR count). The van der Waals surface area contributed by atoms with Crippen molar-refractivity contribution in [3.63, 3.8) is 0 Å². The van der Waals surface area contributed by atoms with Gasteiger partial charge in [0.1, 0.15) is 11.5 Å². The minimum Gasteiger partial charge on any atom is -0.508 e. The molecule has 3 aromatic rings. The Morgan fingerprint density at radius 1 is 0.914 bits per heavy atom. The summed E-state index contributed by atoms with van der Waals surface area (Å²) in [6.07, 6.45) is 6.23. The first kappa shape index (κ1) is 24.0. The molecule has 35 heavy (non-hydrogen) atoms. The zero-order valence-corrected chi connectivity index (χ0v) is 22.0. The summed E-state index contributed by atoms with van der Waals surface area (Å²) in [4.78, 5) is 0. The third-order valence-electron chi connectivity index (χ3n) is 9.37. The Balaban J connectivity index is 1.32. The number of hydrogen-bond acceptors (Lipinski definition) is 2. The van der Waals surface area contributed by atoms with Gasteiger partial charge in [-0.2, -0.15) is 0 Å². The molecule has 0 aromatic heterocycles. The van der Waals surface area contributed by atoms with E-state index >= 15 is 0 Å². The maximum atomic E-state index is 9.65. The summed E-state index contributed by atoms with van der Waals surface area (Å²) in [7, 11) is 0. The van der Waals surface area contributed by atoms with E-state index in [1.165, 1.54) is 48.8 Å². The van der Waals surface area contributed by atoms with Crippen LogP contribution in [0.4, 0.5) is 0 Å². The molecule has 3 aromatic carbocycles. The normalized spacial score (nSPS) is 26.0. The minimum absolute atomic E-state index is 0.142. The Bertz CT molecular complexity index is 1190. The van der Waals surface area contributed by atoms with Gasteiger partial charge in [-0.05, 0) is 90.5 Å². The first-order valence-electron chi connectivity index (χ1n) is 13.2. The molecule has 0 amide bonds. The van der Waals surface area contributed by atoms with Crippen LogP contribution in [0.15, 0.2) is 66.7 Å². The van der Waals surface area contributed by atoms with Crippen LogP contribution in [0.3, 0.4) is 0 Å². The van der Waals surface area contributed by atoms with Crippen molar-refractivity contribution in [2.45, 2.75) is 77.6 Å². The fourth-order valence-electron chi connectivity index (χ4n) is 7.14. The van der Waals surface area contributed by atoms with Crippen LogP contribution in [-0.2, 0) is 17.3 Å². The molecule has 2 heteroatoms. The molecular formula is C33H40O2. The molecule has 0 aliphatic heterocycles. The Labute approximate surface area is 211 Å². The highest BCUT2D eigenvalue weighted by molar-refractivity contribution is 5.43. The molecule has 184 valence electrons. The molecule has 2 nitrogen and oxygen atoms in total. The SMILES string of the molecule is Cc1ccc2c(c1)C1(C)CCCC(C)(COc3ccc(C(C)(C)c4ccc(O)cc4)cc3)C1CC2. The van der Waals surface area contributed by atoms with Gasteiger partial charge in [-0.15, -0.1) is 0 Å². The third-order valence-corrected chi connectivity index (χ3v) is 9.37. The Morgan fingerprint density at radius 3 is 2.26 bits per heavy atom. The number of aryl methyl sites for hydroxylation is 2. The molecule has 2 aliphatic carbocycles. The third kappa shape index (κ3) is 4.26. The molecule has 0 bridgehead atoms. The number of phenolic OH excluding ortho intramolecular Hbond substituents is 1. The highest BCUT2D eigenvalue weighted by Gasteiger charge is 2.52. The monoisotopic (exact) mass is 468 g/mol. The highest BCUT2D eigenvalue weighted by atomic mass is 16.5. The number of ether oxygens (including phenoxy) is 1. The Morgan fingerprint density at radius 2 is 1.57 bits per heavy atom. The van der Waals surface area contributed by atoms with Crippen molar-refractivity contribution >= 4 is 0 Å². The van der Waals surface area contributed by atoms with Gasteiger partial charge >= 0.3 is 0 Å². The largest absolute Gasteiger partial charge is 0.508 e. The second-order valence-corrected chi connectivity index (χ2v) is 12.2. The highest BCUT2D eigenvalue weighted by Crippen LogP contribution is 2.57. The molecule has 0 spiro atoms. The smallest absolute Gasteiger partial charge is 0.119 e. The average molecular weight is 469 g/mol. The first-order chi connectivity index (χ1) is 16.6. The summed E-state index contributed by atoms with van der Waals surface area (Å²) in [5.74, 6) is 1.90. The van der Waals surface area contributed by atoms with Crippen LogP contribution in [-0.4, -0.2) is 11.7 Å². The van der Waals surface area contributed by atoms with Crippen molar-refractivity contribution < 1.29 is 9.84 Å². The minimum atomic E-state index is -0.142. The van der Waals surface area contributed by atoms with Gasteiger partial charge in [0, 0.05) is 10.8 Å². The molecule has 3 atom stereocenters. The zero-order valence-electron chi connectivity index (χ0n) is 22.0.